The van der Waals surface area contributed by atoms with Crippen molar-refractivity contribution in [2.75, 3.05) is 39.6 Å². The lowest BCUT2D eigenvalue weighted by Gasteiger charge is -2.21. The van der Waals surface area contributed by atoms with Crippen molar-refractivity contribution in [2.45, 2.75) is 478 Å². The van der Waals surface area contributed by atoms with Crippen LogP contribution in [0.4, 0.5) is 0 Å². The Morgan fingerprint density at radius 3 is 0.670 bits per heavy atom. The number of carbonyl (C=O) groups is 4. The van der Waals surface area contributed by atoms with E-state index in [0.717, 1.165) is 114 Å². The number of rotatable bonds is 85. The quantitative estimate of drug-likeness (QED) is 0.0222. The summed E-state index contributed by atoms with van der Waals surface area (Å²) in [5.74, 6) is 0.461. The summed E-state index contributed by atoms with van der Waals surface area (Å²) in [5, 5.41) is 10.7. The number of phosphoric acid groups is 2. The van der Waals surface area contributed by atoms with E-state index in [1.807, 2.05) is 0 Å². The van der Waals surface area contributed by atoms with Gasteiger partial charge in [-0.3, -0.25) is 37.3 Å². The highest BCUT2D eigenvalue weighted by molar-refractivity contribution is 7.47. The molecule has 0 rings (SSSR count). The molecular formula is C87H170O17P2. The van der Waals surface area contributed by atoms with E-state index in [2.05, 4.69) is 48.5 Å². The summed E-state index contributed by atoms with van der Waals surface area (Å²) in [4.78, 5) is 73.2. The Labute approximate surface area is 651 Å². The minimum atomic E-state index is -4.97. The summed E-state index contributed by atoms with van der Waals surface area (Å²) < 4.78 is 68.8. The molecule has 3 N–H and O–H groups in total. The van der Waals surface area contributed by atoms with Gasteiger partial charge in [-0.05, 0) is 43.4 Å². The van der Waals surface area contributed by atoms with Gasteiger partial charge in [0.25, 0.3) is 0 Å². The minimum absolute atomic E-state index is 0.108. The molecule has 0 bridgehead atoms. The van der Waals surface area contributed by atoms with Crippen molar-refractivity contribution < 1.29 is 80.2 Å². The van der Waals surface area contributed by atoms with Gasteiger partial charge in [-0.1, -0.05) is 408 Å². The second-order valence-electron chi connectivity index (χ2n) is 32.0. The van der Waals surface area contributed by atoms with Crippen molar-refractivity contribution in [3.8, 4) is 0 Å². The Morgan fingerprint density at radius 2 is 0.453 bits per heavy atom. The molecule has 0 radical (unpaired) electrons. The zero-order valence-corrected chi connectivity index (χ0v) is 71.7. The maximum atomic E-state index is 13.1. The first kappa shape index (κ1) is 104. The van der Waals surface area contributed by atoms with Crippen LogP contribution < -0.4 is 0 Å². The Kier molecular flexibility index (Phi) is 75.6. The van der Waals surface area contributed by atoms with Crippen molar-refractivity contribution in [3.63, 3.8) is 0 Å². The third-order valence-corrected chi connectivity index (χ3v) is 23.4. The van der Waals surface area contributed by atoms with Gasteiger partial charge in [0.05, 0.1) is 26.4 Å². The fourth-order valence-electron chi connectivity index (χ4n) is 13.4. The Bertz CT molecular complexity index is 2050. The molecule has 0 saturated carbocycles. The standard InChI is InChI=1S/C87H170O17P2/c1-8-12-13-14-15-47-54-61-68-84(89)97-74-82(103-86(91)71-64-57-50-43-37-31-25-23-28-34-40-46-53-60-67-80(7)11-4)76-101-105(93,94)99-72-81(88)73-100-106(95,96)102-77-83(75-98-85(90)69-62-55-48-41-35-29-24-22-27-33-39-45-52-59-66-79(6)10-3)104-87(92)70-63-56-49-42-36-30-21-19-17-16-18-20-26-32-38-44-51-58-65-78(5)9-2/h78-83,88H,8-77H2,1-7H3,(H,93,94)(H,95,96)/t78?,79?,80?,81-,82+,83+/m0/s1. The zero-order valence-electron chi connectivity index (χ0n) is 69.9. The highest BCUT2D eigenvalue weighted by Gasteiger charge is 2.31. The van der Waals surface area contributed by atoms with Crippen LogP contribution in [-0.2, 0) is 65.4 Å². The summed E-state index contributed by atoms with van der Waals surface area (Å²) in [6, 6.07) is 0. The zero-order chi connectivity index (χ0) is 77.9. The predicted molar refractivity (Wildman–Crippen MR) is 437 cm³/mol. The fraction of sp³-hybridized carbons (Fsp3) is 0.954. The van der Waals surface area contributed by atoms with Crippen LogP contribution in [0.15, 0.2) is 0 Å². The maximum absolute atomic E-state index is 13.1. The smallest absolute Gasteiger partial charge is 0.462 e. The molecule has 5 unspecified atom stereocenters. The minimum Gasteiger partial charge on any atom is -0.462 e. The van der Waals surface area contributed by atoms with Crippen LogP contribution in [0.5, 0.6) is 0 Å². The van der Waals surface area contributed by atoms with Gasteiger partial charge in [0.15, 0.2) is 12.2 Å². The lowest BCUT2D eigenvalue weighted by molar-refractivity contribution is -0.161. The van der Waals surface area contributed by atoms with Gasteiger partial charge in [-0.15, -0.1) is 0 Å². The van der Waals surface area contributed by atoms with Gasteiger partial charge in [0, 0.05) is 25.7 Å². The van der Waals surface area contributed by atoms with E-state index in [-0.39, 0.29) is 25.7 Å². The number of hydrogen-bond donors (Lipinski definition) is 3. The van der Waals surface area contributed by atoms with Crippen molar-refractivity contribution in [1.82, 2.24) is 0 Å². The summed E-state index contributed by atoms with van der Waals surface area (Å²) in [6.45, 7) is 12.1. The molecular weight excluding hydrogens is 1380 g/mol. The van der Waals surface area contributed by atoms with Crippen molar-refractivity contribution in [2.24, 2.45) is 17.8 Å². The maximum Gasteiger partial charge on any atom is 0.472 e. The SMILES string of the molecule is CCCCCCCCCCC(=O)OC[C@H](COP(=O)(O)OC[C@H](O)COP(=O)(O)OC[C@@H](COC(=O)CCCCCCCCCCCCCCCCC(C)CC)OC(=O)CCCCCCCCCCCCCCCCCCCCC(C)CC)OC(=O)CCCCCCCCCCCCCCCCC(C)CC. The lowest BCUT2D eigenvalue weighted by Crippen LogP contribution is -2.30. The van der Waals surface area contributed by atoms with Gasteiger partial charge in [-0.2, -0.15) is 0 Å². The van der Waals surface area contributed by atoms with Crippen molar-refractivity contribution in [1.29, 1.82) is 0 Å². The van der Waals surface area contributed by atoms with Crippen molar-refractivity contribution >= 4 is 39.5 Å². The summed E-state index contributed by atoms with van der Waals surface area (Å²) in [5.41, 5.74) is 0. The van der Waals surface area contributed by atoms with E-state index in [1.54, 1.807) is 0 Å². The monoisotopic (exact) mass is 1550 g/mol. The van der Waals surface area contributed by atoms with E-state index in [0.29, 0.717) is 25.7 Å². The number of phosphoric ester groups is 2. The molecule has 0 aromatic rings. The fourth-order valence-corrected chi connectivity index (χ4v) is 15.0. The Balaban J connectivity index is 5.19. The first-order valence-electron chi connectivity index (χ1n) is 45.0. The molecule has 0 aliphatic rings. The average molecular weight is 1550 g/mol. The van der Waals surface area contributed by atoms with Crippen LogP contribution >= 0.6 is 15.6 Å². The van der Waals surface area contributed by atoms with E-state index < -0.39 is 97.5 Å². The molecule has 8 atom stereocenters. The largest absolute Gasteiger partial charge is 0.472 e. The second kappa shape index (κ2) is 77.0. The topological polar surface area (TPSA) is 237 Å². The van der Waals surface area contributed by atoms with E-state index in [4.69, 9.17) is 37.0 Å². The molecule has 106 heavy (non-hydrogen) atoms. The number of carbonyl (C=O) groups excluding carboxylic acids is 4. The van der Waals surface area contributed by atoms with Crippen LogP contribution in [-0.4, -0.2) is 96.7 Å². The van der Waals surface area contributed by atoms with Gasteiger partial charge < -0.3 is 33.8 Å². The van der Waals surface area contributed by atoms with E-state index in [9.17, 15) is 43.2 Å². The molecule has 0 aliphatic heterocycles. The van der Waals surface area contributed by atoms with Gasteiger partial charge in [-0.25, -0.2) is 9.13 Å². The van der Waals surface area contributed by atoms with Crippen LogP contribution in [0.2, 0.25) is 0 Å². The summed E-state index contributed by atoms with van der Waals surface area (Å²) >= 11 is 0. The van der Waals surface area contributed by atoms with Crippen LogP contribution in [0, 0.1) is 17.8 Å². The molecule has 0 heterocycles. The first-order valence-corrected chi connectivity index (χ1v) is 48.0. The molecule has 17 nitrogen and oxygen atoms in total. The highest BCUT2D eigenvalue weighted by atomic mass is 31.2. The second-order valence-corrected chi connectivity index (χ2v) is 34.9. The number of ether oxygens (including phenoxy) is 4. The number of aliphatic hydroxyl groups is 1. The molecule has 0 saturated heterocycles. The molecule has 0 aliphatic carbocycles. The normalized spacial score (nSPS) is 14.6. The Hall–Kier alpha value is -1.94. The molecule has 630 valence electrons. The Morgan fingerprint density at radius 1 is 0.264 bits per heavy atom. The average Bonchev–Trinajstić information content (AvgIpc) is 0.905. The van der Waals surface area contributed by atoms with E-state index >= 15 is 0 Å². The number of esters is 4. The van der Waals surface area contributed by atoms with E-state index in [1.165, 1.54) is 263 Å². The van der Waals surface area contributed by atoms with Gasteiger partial charge >= 0.3 is 39.5 Å². The molecule has 0 amide bonds. The lowest BCUT2D eigenvalue weighted by atomic mass is 9.99. The third-order valence-electron chi connectivity index (χ3n) is 21.5. The first-order chi connectivity index (χ1) is 51.3. The van der Waals surface area contributed by atoms with Gasteiger partial charge in [0.1, 0.15) is 19.3 Å². The van der Waals surface area contributed by atoms with Crippen LogP contribution in [0.25, 0.3) is 0 Å². The van der Waals surface area contributed by atoms with Crippen LogP contribution in [0.3, 0.4) is 0 Å². The number of unbranched alkanes of at least 4 members (excludes halogenated alkanes) is 50. The molecule has 0 fully saturated rings. The van der Waals surface area contributed by atoms with Crippen LogP contribution in [0.1, 0.15) is 459 Å². The number of aliphatic hydroxyl groups excluding tert-OH is 1. The molecule has 0 aromatic heterocycles. The molecule has 19 heteroatoms. The molecule has 0 spiro atoms. The van der Waals surface area contributed by atoms with Crippen molar-refractivity contribution in [3.05, 3.63) is 0 Å². The summed E-state index contributed by atoms with van der Waals surface area (Å²) in [6.07, 6.45) is 67.9. The number of hydrogen-bond acceptors (Lipinski definition) is 15. The predicted octanol–water partition coefficient (Wildman–Crippen LogP) is 26.5. The summed E-state index contributed by atoms with van der Waals surface area (Å²) in [7, 11) is -9.93. The van der Waals surface area contributed by atoms with Gasteiger partial charge in [0.2, 0.25) is 0 Å². The third kappa shape index (κ3) is 76.1. The molecule has 0 aromatic carbocycles. The highest BCUT2D eigenvalue weighted by Crippen LogP contribution is 2.45.